The predicted molar refractivity (Wildman–Crippen MR) is 119 cm³/mol. The van der Waals surface area contributed by atoms with Gasteiger partial charge in [0.2, 0.25) is 0 Å². The summed E-state index contributed by atoms with van der Waals surface area (Å²) in [4.78, 5) is 4.86. The highest BCUT2D eigenvalue weighted by molar-refractivity contribution is 7.13. The molecule has 3 aromatic carbocycles. The zero-order valence-corrected chi connectivity index (χ0v) is 17.5. The van der Waals surface area contributed by atoms with Crippen LogP contribution in [0.1, 0.15) is 28.4 Å². The van der Waals surface area contributed by atoms with Crippen LogP contribution in [0.15, 0.2) is 84.2 Å². The Morgan fingerprint density at radius 1 is 0.897 bits per heavy atom. The maximum Gasteiger partial charge on any atom is 0.138 e. The number of thiazole rings is 1. The van der Waals surface area contributed by atoms with Crippen molar-refractivity contribution in [3.05, 3.63) is 107 Å². The summed E-state index contributed by atoms with van der Waals surface area (Å²) in [7, 11) is 1.68. The van der Waals surface area contributed by atoms with Gasteiger partial charge in [-0.2, -0.15) is 0 Å². The molecule has 4 aromatic rings. The molecule has 29 heavy (non-hydrogen) atoms. The zero-order valence-electron chi connectivity index (χ0n) is 16.7. The van der Waals surface area contributed by atoms with Gasteiger partial charge in [0.15, 0.2) is 0 Å². The Labute approximate surface area is 176 Å². The van der Waals surface area contributed by atoms with Crippen LogP contribution in [-0.2, 0) is 6.54 Å². The molecule has 0 spiro atoms. The first-order valence-electron chi connectivity index (χ1n) is 9.76. The molecular formula is C25H25N2OS+. The van der Waals surface area contributed by atoms with Crippen molar-refractivity contribution in [2.45, 2.75) is 19.5 Å². The van der Waals surface area contributed by atoms with E-state index in [0.29, 0.717) is 0 Å². The Bertz CT molecular complexity index is 1040. The lowest BCUT2D eigenvalue weighted by Crippen LogP contribution is -2.84. The molecule has 4 rings (SSSR count). The van der Waals surface area contributed by atoms with Crippen molar-refractivity contribution in [3.63, 3.8) is 0 Å². The van der Waals surface area contributed by atoms with Crippen molar-refractivity contribution in [1.82, 2.24) is 4.98 Å². The molecule has 146 valence electrons. The molecule has 0 aliphatic rings. The van der Waals surface area contributed by atoms with Gasteiger partial charge in [-0.15, -0.1) is 11.3 Å². The quantitative estimate of drug-likeness (QED) is 0.474. The molecule has 4 heteroatoms. The van der Waals surface area contributed by atoms with Gasteiger partial charge in [-0.1, -0.05) is 60.2 Å². The van der Waals surface area contributed by atoms with Crippen LogP contribution in [-0.4, -0.2) is 12.1 Å². The van der Waals surface area contributed by atoms with Crippen molar-refractivity contribution in [1.29, 1.82) is 0 Å². The van der Waals surface area contributed by atoms with E-state index < -0.39 is 0 Å². The van der Waals surface area contributed by atoms with E-state index in [1.165, 1.54) is 16.7 Å². The van der Waals surface area contributed by atoms with Crippen LogP contribution in [0.4, 0.5) is 0 Å². The second-order valence-electron chi connectivity index (χ2n) is 7.11. The van der Waals surface area contributed by atoms with Gasteiger partial charge in [0.05, 0.1) is 7.11 Å². The van der Waals surface area contributed by atoms with Gasteiger partial charge in [-0.3, -0.25) is 0 Å². The monoisotopic (exact) mass is 401 g/mol. The fourth-order valence-corrected chi connectivity index (χ4v) is 4.24. The first-order chi connectivity index (χ1) is 14.2. The highest BCUT2D eigenvalue weighted by Gasteiger charge is 2.18. The smallest absolute Gasteiger partial charge is 0.138 e. The minimum absolute atomic E-state index is 0.253. The lowest BCUT2D eigenvalue weighted by Gasteiger charge is -2.16. The first kappa shape index (κ1) is 19.4. The third kappa shape index (κ3) is 4.73. The van der Waals surface area contributed by atoms with E-state index in [1.807, 2.05) is 12.1 Å². The maximum atomic E-state index is 5.24. The molecule has 2 N–H and O–H groups in total. The third-order valence-corrected chi connectivity index (χ3v) is 5.99. The molecule has 0 aliphatic heterocycles. The highest BCUT2D eigenvalue weighted by Crippen LogP contribution is 2.26. The SMILES string of the molecule is COc1ccc(-c2nc(C[NH2+][C@@H](c3ccccc3)c3ccc(C)cc3)cs2)cc1. The summed E-state index contributed by atoms with van der Waals surface area (Å²) in [6.45, 7) is 2.96. The summed E-state index contributed by atoms with van der Waals surface area (Å²) in [5, 5.41) is 5.57. The molecule has 0 saturated carbocycles. The summed E-state index contributed by atoms with van der Waals surface area (Å²) in [6, 6.07) is 27.8. The van der Waals surface area contributed by atoms with E-state index in [9.17, 15) is 0 Å². The second-order valence-corrected chi connectivity index (χ2v) is 7.97. The predicted octanol–water partition coefficient (Wildman–Crippen LogP) is 4.98. The van der Waals surface area contributed by atoms with E-state index >= 15 is 0 Å². The normalized spacial score (nSPS) is 11.9. The summed E-state index contributed by atoms with van der Waals surface area (Å²) in [5.41, 5.74) is 6.13. The Kier molecular flexibility index (Phi) is 6.03. The van der Waals surface area contributed by atoms with E-state index in [4.69, 9.17) is 9.72 Å². The van der Waals surface area contributed by atoms with Crippen LogP contribution in [0.25, 0.3) is 10.6 Å². The second kappa shape index (κ2) is 9.03. The molecule has 0 saturated heterocycles. The first-order valence-corrected chi connectivity index (χ1v) is 10.6. The molecule has 0 unspecified atom stereocenters. The van der Waals surface area contributed by atoms with Gasteiger partial charge in [0.1, 0.15) is 29.0 Å². The Balaban J connectivity index is 1.52. The summed E-state index contributed by atoms with van der Waals surface area (Å²) in [5.74, 6) is 0.864. The Hall–Kier alpha value is -2.95. The molecule has 1 aromatic heterocycles. The van der Waals surface area contributed by atoms with Gasteiger partial charge in [-0.25, -0.2) is 4.98 Å². The molecule has 0 bridgehead atoms. The van der Waals surface area contributed by atoms with Crippen LogP contribution in [0.2, 0.25) is 0 Å². The highest BCUT2D eigenvalue weighted by atomic mass is 32.1. The number of hydrogen-bond acceptors (Lipinski definition) is 3. The molecule has 1 atom stereocenters. The van der Waals surface area contributed by atoms with Crippen LogP contribution >= 0.6 is 11.3 Å². The molecule has 1 heterocycles. The van der Waals surface area contributed by atoms with Gasteiger partial charge in [0.25, 0.3) is 0 Å². The van der Waals surface area contributed by atoms with Crippen molar-refractivity contribution in [2.75, 3.05) is 7.11 Å². The molecule has 0 amide bonds. The summed E-state index contributed by atoms with van der Waals surface area (Å²) < 4.78 is 5.24. The number of benzene rings is 3. The van der Waals surface area contributed by atoms with E-state index in [1.54, 1.807) is 18.4 Å². The van der Waals surface area contributed by atoms with Gasteiger partial charge in [0, 0.05) is 22.1 Å². The fourth-order valence-electron chi connectivity index (χ4n) is 3.40. The lowest BCUT2D eigenvalue weighted by atomic mass is 9.98. The lowest BCUT2D eigenvalue weighted by molar-refractivity contribution is -0.702. The van der Waals surface area contributed by atoms with Crippen LogP contribution in [0.3, 0.4) is 0 Å². The van der Waals surface area contributed by atoms with Crippen molar-refractivity contribution >= 4 is 11.3 Å². The van der Waals surface area contributed by atoms with Gasteiger partial charge >= 0.3 is 0 Å². The average molecular weight is 402 g/mol. The number of hydrogen-bond donors (Lipinski definition) is 1. The number of quaternary nitrogens is 1. The molecule has 0 aliphatic carbocycles. The molecule has 3 nitrogen and oxygen atoms in total. The zero-order chi connectivity index (χ0) is 20.1. The van der Waals surface area contributed by atoms with E-state index in [-0.39, 0.29) is 6.04 Å². The fraction of sp³-hybridized carbons (Fsp3) is 0.160. The molecular weight excluding hydrogens is 376 g/mol. The van der Waals surface area contributed by atoms with Crippen LogP contribution in [0.5, 0.6) is 5.75 Å². The van der Waals surface area contributed by atoms with E-state index in [0.717, 1.165) is 28.6 Å². The Morgan fingerprint density at radius 2 is 1.59 bits per heavy atom. The van der Waals surface area contributed by atoms with Gasteiger partial charge < -0.3 is 10.1 Å². The summed E-state index contributed by atoms with van der Waals surface area (Å²) in [6.07, 6.45) is 0. The number of rotatable bonds is 7. The standard InChI is InChI=1S/C25H24N2OS/c1-18-8-10-20(11-9-18)24(19-6-4-3-5-7-19)26-16-22-17-29-25(27-22)21-12-14-23(28-2)15-13-21/h3-15,17,24,26H,16H2,1-2H3/p+1/t24-/m0/s1. The number of ether oxygens (including phenoxy) is 1. The summed E-state index contributed by atoms with van der Waals surface area (Å²) >= 11 is 1.69. The van der Waals surface area contributed by atoms with E-state index in [2.05, 4.69) is 84.4 Å². The topological polar surface area (TPSA) is 38.7 Å². The van der Waals surface area contributed by atoms with Crippen LogP contribution in [0, 0.1) is 6.92 Å². The van der Waals surface area contributed by atoms with Crippen molar-refractivity contribution in [2.24, 2.45) is 0 Å². The largest absolute Gasteiger partial charge is 0.497 e. The number of aromatic nitrogens is 1. The number of nitrogens with zero attached hydrogens (tertiary/aromatic N) is 1. The minimum atomic E-state index is 0.253. The average Bonchev–Trinajstić information content (AvgIpc) is 3.25. The molecule has 0 fully saturated rings. The van der Waals surface area contributed by atoms with Crippen LogP contribution < -0.4 is 10.1 Å². The number of methoxy groups -OCH3 is 1. The molecule has 0 radical (unpaired) electrons. The minimum Gasteiger partial charge on any atom is -0.497 e. The van der Waals surface area contributed by atoms with Crippen molar-refractivity contribution < 1.29 is 10.1 Å². The van der Waals surface area contributed by atoms with Gasteiger partial charge in [-0.05, 0) is 31.2 Å². The maximum absolute atomic E-state index is 5.24. The van der Waals surface area contributed by atoms with Crippen molar-refractivity contribution in [3.8, 4) is 16.3 Å². The third-order valence-electron chi connectivity index (χ3n) is 5.05. The number of aryl methyl sites for hydroxylation is 1. The Morgan fingerprint density at radius 3 is 2.28 bits per heavy atom. The number of nitrogens with two attached hydrogens (primary N) is 1.